The SMILES string of the molecule is CCc1c(C)nc2c(-c3ccccc3)c(C)nn2c1N1CCCC1. The number of fused-ring (bicyclic) bond motifs is 1. The van der Waals surface area contributed by atoms with Gasteiger partial charge in [0.25, 0.3) is 0 Å². The van der Waals surface area contributed by atoms with Gasteiger partial charge in [-0.15, -0.1) is 0 Å². The Hall–Kier alpha value is -2.36. The summed E-state index contributed by atoms with van der Waals surface area (Å²) in [7, 11) is 0. The zero-order valence-electron chi connectivity index (χ0n) is 14.7. The Morgan fingerprint density at radius 1 is 1.00 bits per heavy atom. The van der Waals surface area contributed by atoms with E-state index in [1.165, 1.54) is 29.8 Å². The smallest absolute Gasteiger partial charge is 0.165 e. The summed E-state index contributed by atoms with van der Waals surface area (Å²) in [6, 6.07) is 10.5. The fourth-order valence-electron chi connectivity index (χ4n) is 3.89. The fourth-order valence-corrected chi connectivity index (χ4v) is 3.89. The zero-order valence-corrected chi connectivity index (χ0v) is 14.7. The second kappa shape index (κ2) is 5.93. The van der Waals surface area contributed by atoms with Crippen LogP contribution < -0.4 is 4.90 Å². The number of anilines is 1. The van der Waals surface area contributed by atoms with Crippen LogP contribution in [0.3, 0.4) is 0 Å². The van der Waals surface area contributed by atoms with E-state index in [2.05, 4.69) is 54.5 Å². The largest absolute Gasteiger partial charge is 0.356 e. The number of hydrogen-bond donors (Lipinski definition) is 0. The minimum atomic E-state index is 0.982. The third-order valence-corrected chi connectivity index (χ3v) is 5.04. The summed E-state index contributed by atoms with van der Waals surface area (Å²) < 4.78 is 2.09. The Balaban J connectivity index is 2.03. The van der Waals surface area contributed by atoms with Crippen molar-refractivity contribution in [1.82, 2.24) is 14.6 Å². The Morgan fingerprint density at radius 3 is 2.38 bits per heavy atom. The van der Waals surface area contributed by atoms with Crippen molar-refractivity contribution in [3.63, 3.8) is 0 Å². The molecule has 1 fully saturated rings. The third kappa shape index (κ3) is 2.29. The van der Waals surface area contributed by atoms with Crippen molar-refractivity contribution >= 4 is 11.5 Å². The first-order chi connectivity index (χ1) is 11.7. The summed E-state index contributed by atoms with van der Waals surface area (Å²) in [6.07, 6.45) is 3.51. The van der Waals surface area contributed by atoms with Crippen LogP contribution in [0.15, 0.2) is 30.3 Å². The molecule has 0 radical (unpaired) electrons. The number of aromatic nitrogens is 3. The molecule has 0 atom stereocenters. The molecule has 3 heterocycles. The molecule has 24 heavy (non-hydrogen) atoms. The molecular formula is C20H24N4. The number of rotatable bonds is 3. The summed E-state index contributed by atoms with van der Waals surface area (Å²) in [6.45, 7) is 8.67. The van der Waals surface area contributed by atoms with Gasteiger partial charge in [-0.2, -0.15) is 9.61 Å². The van der Waals surface area contributed by atoms with Gasteiger partial charge >= 0.3 is 0 Å². The number of aryl methyl sites for hydroxylation is 2. The van der Waals surface area contributed by atoms with Crippen LogP contribution in [0.5, 0.6) is 0 Å². The molecule has 2 aromatic heterocycles. The normalized spacial score (nSPS) is 14.7. The van der Waals surface area contributed by atoms with Crippen LogP contribution in [0, 0.1) is 13.8 Å². The fraction of sp³-hybridized carbons (Fsp3) is 0.400. The second-order valence-corrected chi connectivity index (χ2v) is 6.61. The van der Waals surface area contributed by atoms with Crippen LogP contribution in [0.2, 0.25) is 0 Å². The molecule has 4 nitrogen and oxygen atoms in total. The molecule has 0 N–H and O–H groups in total. The number of nitrogens with zero attached hydrogens (tertiary/aromatic N) is 4. The van der Waals surface area contributed by atoms with Gasteiger partial charge in [-0.25, -0.2) is 4.98 Å². The first-order valence-electron chi connectivity index (χ1n) is 8.90. The van der Waals surface area contributed by atoms with Crippen LogP contribution in [-0.2, 0) is 6.42 Å². The van der Waals surface area contributed by atoms with Crippen molar-refractivity contribution in [2.45, 2.75) is 40.0 Å². The van der Waals surface area contributed by atoms with Gasteiger partial charge in [0.1, 0.15) is 5.82 Å². The molecule has 0 unspecified atom stereocenters. The third-order valence-electron chi connectivity index (χ3n) is 5.04. The highest BCUT2D eigenvalue weighted by atomic mass is 15.4. The molecule has 0 bridgehead atoms. The van der Waals surface area contributed by atoms with Crippen LogP contribution in [0.25, 0.3) is 16.8 Å². The lowest BCUT2D eigenvalue weighted by molar-refractivity contribution is 0.815. The average Bonchev–Trinajstić information content (AvgIpc) is 3.21. The van der Waals surface area contributed by atoms with Gasteiger partial charge in [0.2, 0.25) is 0 Å². The van der Waals surface area contributed by atoms with Crippen LogP contribution in [-0.4, -0.2) is 27.7 Å². The van der Waals surface area contributed by atoms with Crippen LogP contribution in [0.1, 0.15) is 36.7 Å². The van der Waals surface area contributed by atoms with Crippen LogP contribution in [0.4, 0.5) is 5.82 Å². The zero-order chi connectivity index (χ0) is 16.7. The van der Waals surface area contributed by atoms with E-state index in [9.17, 15) is 0 Å². The monoisotopic (exact) mass is 320 g/mol. The van der Waals surface area contributed by atoms with Crippen molar-refractivity contribution in [2.75, 3.05) is 18.0 Å². The molecule has 1 aromatic carbocycles. The molecule has 0 saturated carbocycles. The molecule has 124 valence electrons. The summed E-state index contributed by atoms with van der Waals surface area (Å²) in [5.41, 5.74) is 6.82. The molecule has 1 aliphatic rings. The molecule has 0 amide bonds. The van der Waals surface area contributed by atoms with Crippen molar-refractivity contribution in [1.29, 1.82) is 0 Å². The molecule has 1 aliphatic heterocycles. The standard InChI is InChI=1S/C20H24N4/c1-4-17-14(2)21-19-18(16-10-6-5-7-11-16)15(3)22-24(19)20(17)23-12-8-9-13-23/h5-7,10-11H,4,8-9,12-13H2,1-3H3. The van der Waals surface area contributed by atoms with Gasteiger partial charge in [-0.3, -0.25) is 0 Å². The quantitative estimate of drug-likeness (QED) is 0.726. The predicted molar refractivity (Wildman–Crippen MR) is 98.7 cm³/mol. The first kappa shape index (κ1) is 15.2. The van der Waals surface area contributed by atoms with Gasteiger partial charge < -0.3 is 4.90 Å². The van der Waals surface area contributed by atoms with Crippen LogP contribution >= 0.6 is 0 Å². The average molecular weight is 320 g/mol. The van der Waals surface area contributed by atoms with E-state index in [1.54, 1.807) is 0 Å². The van der Waals surface area contributed by atoms with E-state index < -0.39 is 0 Å². The van der Waals surface area contributed by atoms with E-state index >= 15 is 0 Å². The van der Waals surface area contributed by atoms with E-state index in [1.807, 2.05) is 6.07 Å². The van der Waals surface area contributed by atoms with E-state index in [4.69, 9.17) is 10.1 Å². The maximum absolute atomic E-state index is 4.95. The molecule has 0 spiro atoms. The molecule has 1 saturated heterocycles. The number of benzene rings is 1. The first-order valence-corrected chi connectivity index (χ1v) is 8.90. The molecule has 4 heteroatoms. The minimum absolute atomic E-state index is 0.982. The maximum Gasteiger partial charge on any atom is 0.165 e. The summed E-state index contributed by atoms with van der Waals surface area (Å²) in [5, 5.41) is 4.90. The Bertz CT molecular complexity index is 874. The molecular weight excluding hydrogens is 296 g/mol. The summed E-state index contributed by atoms with van der Waals surface area (Å²) in [4.78, 5) is 7.44. The summed E-state index contributed by atoms with van der Waals surface area (Å²) >= 11 is 0. The maximum atomic E-state index is 4.95. The van der Waals surface area contributed by atoms with Crippen molar-refractivity contribution in [3.8, 4) is 11.1 Å². The second-order valence-electron chi connectivity index (χ2n) is 6.61. The lowest BCUT2D eigenvalue weighted by Crippen LogP contribution is -2.24. The topological polar surface area (TPSA) is 33.4 Å². The van der Waals surface area contributed by atoms with Gasteiger partial charge in [-0.05, 0) is 38.7 Å². The van der Waals surface area contributed by atoms with E-state index in [0.717, 1.165) is 42.1 Å². The molecule has 3 aromatic rings. The predicted octanol–water partition coefficient (Wildman–Crippen LogP) is 4.18. The molecule has 0 aliphatic carbocycles. The van der Waals surface area contributed by atoms with E-state index in [0.29, 0.717) is 0 Å². The van der Waals surface area contributed by atoms with Crippen molar-refractivity contribution < 1.29 is 0 Å². The molecule has 4 rings (SSSR count). The Kier molecular flexibility index (Phi) is 3.75. The minimum Gasteiger partial charge on any atom is -0.356 e. The van der Waals surface area contributed by atoms with Gasteiger partial charge in [-0.1, -0.05) is 37.3 Å². The Morgan fingerprint density at radius 2 is 1.71 bits per heavy atom. The lowest BCUT2D eigenvalue weighted by Gasteiger charge is -2.23. The number of hydrogen-bond acceptors (Lipinski definition) is 3. The van der Waals surface area contributed by atoms with Crippen molar-refractivity contribution in [2.24, 2.45) is 0 Å². The van der Waals surface area contributed by atoms with Crippen molar-refractivity contribution in [3.05, 3.63) is 47.3 Å². The lowest BCUT2D eigenvalue weighted by atomic mass is 10.1. The summed E-state index contributed by atoms with van der Waals surface area (Å²) in [5.74, 6) is 1.25. The van der Waals surface area contributed by atoms with Gasteiger partial charge in [0, 0.05) is 29.9 Å². The highest BCUT2D eigenvalue weighted by molar-refractivity contribution is 5.81. The highest BCUT2D eigenvalue weighted by Crippen LogP contribution is 2.33. The highest BCUT2D eigenvalue weighted by Gasteiger charge is 2.24. The van der Waals surface area contributed by atoms with E-state index in [-0.39, 0.29) is 0 Å². The Labute approximate surface area is 143 Å². The van der Waals surface area contributed by atoms with Gasteiger partial charge in [0.05, 0.1) is 5.69 Å². The van der Waals surface area contributed by atoms with Gasteiger partial charge in [0.15, 0.2) is 5.65 Å².